The predicted octanol–water partition coefficient (Wildman–Crippen LogP) is 1.27. The molecule has 1 aliphatic carbocycles. The number of nitrogens with zero attached hydrogens (tertiary/aromatic N) is 1. The Morgan fingerprint density at radius 3 is 2.67 bits per heavy atom. The zero-order valence-corrected chi connectivity index (χ0v) is 11.6. The maximum absolute atomic E-state index is 11.7. The molecule has 1 aromatic rings. The number of carbonyl (C=O) groups excluding carboxylic acids is 2. The summed E-state index contributed by atoms with van der Waals surface area (Å²) in [5.74, 6) is -0.282. The van der Waals surface area contributed by atoms with E-state index in [9.17, 15) is 9.59 Å². The van der Waals surface area contributed by atoms with Crippen molar-refractivity contribution in [3.05, 3.63) is 29.8 Å². The largest absolute Gasteiger partial charge is 0.482 e. The van der Waals surface area contributed by atoms with Crippen LogP contribution in [0.15, 0.2) is 24.3 Å². The van der Waals surface area contributed by atoms with Crippen molar-refractivity contribution in [2.24, 2.45) is 5.92 Å². The van der Waals surface area contributed by atoms with Gasteiger partial charge in [-0.3, -0.25) is 20.4 Å². The lowest BCUT2D eigenvalue weighted by atomic mass is 10.1. The minimum Gasteiger partial charge on any atom is -0.482 e. The molecule has 0 spiro atoms. The summed E-state index contributed by atoms with van der Waals surface area (Å²) in [6.07, 6.45) is 3.85. The van der Waals surface area contributed by atoms with E-state index in [1.165, 1.54) is 0 Å². The van der Waals surface area contributed by atoms with Gasteiger partial charge in [0.1, 0.15) is 11.8 Å². The third kappa shape index (κ3) is 4.21. The van der Waals surface area contributed by atoms with Crippen molar-refractivity contribution in [3.8, 4) is 11.8 Å². The lowest BCUT2D eigenvalue weighted by Gasteiger charge is -2.12. The first kappa shape index (κ1) is 14.9. The maximum Gasteiger partial charge on any atom is 0.276 e. The number of para-hydroxylation sites is 1. The Kier molecular flexibility index (Phi) is 5.16. The molecule has 0 unspecified atom stereocenters. The topological polar surface area (TPSA) is 91.2 Å². The first-order chi connectivity index (χ1) is 10.2. The molecular formula is C15H17N3O3. The molecule has 110 valence electrons. The zero-order valence-electron chi connectivity index (χ0n) is 11.6. The fraction of sp³-hybridized carbons (Fsp3) is 0.400. The van der Waals surface area contributed by atoms with E-state index < -0.39 is 5.91 Å². The number of carbonyl (C=O) groups is 2. The molecule has 0 heterocycles. The Labute approximate surface area is 123 Å². The maximum atomic E-state index is 11.7. The van der Waals surface area contributed by atoms with Crippen LogP contribution in [0.5, 0.6) is 5.75 Å². The van der Waals surface area contributed by atoms with Gasteiger partial charge in [0.15, 0.2) is 6.61 Å². The van der Waals surface area contributed by atoms with Crippen LogP contribution in [0.4, 0.5) is 0 Å². The lowest BCUT2D eigenvalue weighted by molar-refractivity contribution is -0.132. The first-order valence-corrected chi connectivity index (χ1v) is 6.91. The van der Waals surface area contributed by atoms with Crippen LogP contribution >= 0.6 is 0 Å². The van der Waals surface area contributed by atoms with E-state index >= 15 is 0 Å². The van der Waals surface area contributed by atoms with Crippen molar-refractivity contribution in [2.75, 3.05) is 6.61 Å². The van der Waals surface area contributed by atoms with Crippen molar-refractivity contribution >= 4 is 11.8 Å². The number of rotatable bonds is 4. The van der Waals surface area contributed by atoms with E-state index in [4.69, 9.17) is 10.00 Å². The molecule has 0 aromatic heterocycles. The van der Waals surface area contributed by atoms with Crippen LogP contribution in [-0.2, 0) is 9.59 Å². The summed E-state index contributed by atoms with van der Waals surface area (Å²) in [6, 6.07) is 8.63. The highest BCUT2D eigenvalue weighted by Gasteiger charge is 2.22. The summed E-state index contributed by atoms with van der Waals surface area (Å²) in [4.78, 5) is 23.3. The quantitative estimate of drug-likeness (QED) is 0.816. The fourth-order valence-electron chi connectivity index (χ4n) is 2.29. The third-order valence-electron chi connectivity index (χ3n) is 3.42. The summed E-state index contributed by atoms with van der Waals surface area (Å²) in [6.45, 7) is -0.260. The number of hydrogen-bond acceptors (Lipinski definition) is 4. The molecular weight excluding hydrogens is 270 g/mol. The van der Waals surface area contributed by atoms with Gasteiger partial charge in [0.2, 0.25) is 5.91 Å². The average molecular weight is 287 g/mol. The van der Waals surface area contributed by atoms with E-state index in [2.05, 4.69) is 10.9 Å². The molecule has 0 atom stereocenters. The van der Waals surface area contributed by atoms with E-state index in [-0.39, 0.29) is 18.4 Å². The molecule has 0 aliphatic heterocycles. The van der Waals surface area contributed by atoms with Gasteiger partial charge < -0.3 is 4.74 Å². The molecule has 6 heteroatoms. The molecule has 0 saturated heterocycles. The van der Waals surface area contributed by atoms with Gasteiger partial charge in [-0.1, -0.05) is 25.0 Å². The Bertz CT molecular complexity index is 560. The third-order valence-corrected chi connectivity index (χ3v) is 3.42. The summed E-state index contributed by atoms with van der Waals surface area (Å²) in [5.41, 5.74) is 5.09. The molecule has 1 fully saturated rings. The predicted molar refractivity (Wildman–Crippen MR) is 74.9 cm³/mol. The number of ether oxygens (including phenoxy) is 1. The van der Waals surface area contributed by atoms with Gasteiger partial charge in [-0.05, 0) is 25.0 Å². The Hall–Kier alpha value is -2.55. The van der Waals surface area contributed by atoms with Crippen LogP contribution in [-0.4, -0.2) is 18.4 Å². The summed E-state index contributed by atoms with van der Waals surface area (Å²) < 4.78 is 5.26. The van der Waals surface area contributed by atoms with E-state index in [1.807, 2.05) is 6.07 Å². The van der Waals surface area contributed by atoms with Crippen molar-refractivity contribution < 1.29 is 14.3 Å². The summed E-state index contributed by atoms with van der Waals surface area (Å²) in [5, 5.41) is 8.89. The monoisotopic (exact) mass is 287 g/mol. The van der Waals surface area contributed by atoms with Crippen LogP contribution in [0.2, 0.25) is 0 Å². The highest BCUT2D eigenvalue weighted by molar-refractivity contribution is 5.84. The average Bonchev–Trinajstić information content (AvgIpc) is 3.05. The number of amides is 2. The van der Waals surface area contributed by atoms with Crippen LogP contribution < -0.4 is 15.6 Å². The normalized spacial score (nSPS) is 14.2. The lowest BCUT2D eigenvalue weighted by Crippen LogP contribution is -2.45. The van der Waals surface area contributed by atoms with E-state index in [0.717, 1.165) is 25.7 Å². The highest BCUT2D eigenvalue weighted by Crippen LogP contribution is 2.24. The minimum absolute atomic E-state index is 0.00877. The van der Waals surface area contributed by atoms with Crippen molar-refractivity contribution in [1.29, 1.82) is 5.26 Å². The van der Waals surface area contributed by atoms with Gasteiger partial charge in [0, 0.05) is 5.92 Å². The second-order valence-corrected chi connectivity index (χ2v) is 4.92. The molecule has 0 radical (unpaired) electrons. The molecule has 6 nitrogen and oxygen atoms in total. The molecule has 2 rings (SSSR count). The summed E-state index contributed by atoms with van der Waals surface area (Å²) >= 11 is 0. The van der Waals surface area contributed by atoms with Crippen molar-refractivity contribution in [3.63, 3.8) is 0 Å². The SMILES string of the molecule is N#Cc1ccccc1OCC(=O)NNC(=O)C1CCCC1. The van der Waals surface area contributed by atoms with Crippen LogP contribution in [0.25, 0.3) is 0 Å². The van der Waals surface area contributed by atoms with Crippen molar-refractivity contribution in [2.45, 2.75) is 25.7 Å². The summed E-state index contributed by atoms with van der Waals surface area (Å²) in [7, 11) is 0. The molecule has 1 saturated carbocycles. The van der Waals surface area contributed by atoms with Gasteiger partial charge in [-0.2, -0.15) is 5.26 Å². The molecule has 21 heavy (non-hydrogen) atoms. The van der Waals surface area contributed by atoms with Crippen LogP contribution in [0.1, 0.15) is 31.2 Å². The number of benzene rings is 1. The van der Waals surface area contributed by atoms with Crippen molar-refractivity contribution in [1.82, 2.24) is 10.9 Å². The van der Waals surface area contributed by atoms with Gasteiger partial charge in [-0.15, -0.1) is 0 Å². The second kappa shape index (κ2) is 7.29. The molecule has 1 aromatic carbocycles. The minimum atomic E-state index is -0.464. The number of nitrogens with one attached hydrogen (secondary N) is 2. The molecule has 2 amide bonds. The highest BCUT2D eigenvalue weighted by atomic mass is 16.5. The van der Waals surface area contributed by atoms with E-state index in [0.29, 0.717) is 11.3 Å². The second-order valence-electron chi connectivity index (χ2n) is 4.92. The number of nitriles is 1. The molecule has 0 bridgehead atoms. The number of hydrogen-bond donors (Lipinski definition) is 2. The van der Waals surface area contributed by atoms with E-state index in [1.54, 1.807) is 24.3 Å². The van der Waals surface area contributed by atoms with Gasteiger partial charge in [0.05, 0.1) is 5.56 Å². The smallest absolute Gasteiger partial charge is 0.276 e. The molecule has 2 N–H and O–H groups in total. The Morgan fingerprint density at radius 1 is 1.24 bits per heavy atom. The van der Waals surface area contributed by atoms with Gasteiger partial charge in [-0.25, -0.2) is 0 Å². The number of hydrazine groups is 1. The van der Waals surface area contributed by atoms with Crippen LogP contribution in [0, 0.1) is 17.2 Å². The fourth-order valence-corrected chi connectivity index (χ4v) is 2.29. The Morgan fingerprint density at radius 2 is 1.95 bits per heavy atom. The zero-order chi connectivity index (χ0) is 15.1. The Balaban J connectivity index is 1.75. The van der Waals surface area contributed by atoms with Gasteiger partial charge in [0.25, 0.3) is 5.91 Å². The molecule has 1 aliphatic rings. The first-order valence-electron chi connectivity index (χ1n) is 6.91. The standard InChI is InChI=1S/C15H17N3O3/c16-9-12-7-3-4-8-13(12)21-10-14(19)17-18-15(20)11-5-1-2-6-11/h3-4,7-8,11H,1-2,5-6,10H2,(H,17,19)(H,18,20). The van der Waals surface area contributed by atoms with Gasteiger partial charge >= 0.3 is 0 Å². The van der Waals surface area contributed by atoms with Crippen LogP contribution in [0.3, 0.4) is 0 Å².